The third-order valence-electron chi connectivity index (χ3n) is 5.22. The summed E-state index contributed by atoms with van der Waals surface area (Å²) in [5, 5.41) is 31.6. The Hall–Kier alpha value is -5.78. The molecule has 12 heteroatoms. The van der Waals surface area contributed by atoms with Crippen LogP contribution < -0.4 is 21.3 Å². The molecule has 0 saturated heterocycles. The van der Waals surface area contributed by atoms with Gasteiger partial charge in [0.2, 0.25) is 0 Å². The SMILES string of the molecule is Cc1cccc(NC(=O)Nc2ccc([N+](=O)[O-])cc2)c1.Cc1cccc(NC(=O)Nc2ccc([N+](=O)[O-])cc2)c1. The van der Waals surface area contributed by atoms with Crippen molar-refractivity contribution in [3.05, 3.63) is 128 Å². The van der Waals surface area contributed by atoms with Gasteiger partial charge in [0.1, 0.15) is 0 Å². The minimum atomic E-state index is -0.489. The van der Waals surface area contributed by atoms with Crippen LogP contribution in [0, 0.1) is 34.1 Å². The Morgan fingerprint density at radius 3 is 1.15 bits per heavy atom. The van der Waals surface area contributed by atoms with Crippen LogP contribution in [-0.4, -0.2) is 21.9 Å². The van der Waals surface area contributed by atoms with E-state index in [9.17, 15) is 29.8 Å². The van der Waals surface area contributed by atoms with E-state index >= 15 is 0 Å². The van der Waals surface area contributed by atoms with E-state index in [1.165, 1.54) is 48.5 Å². The zero-order valence-electron chi connectivity index (χ0n) is 21.6. The van der Waals surface area contributed by atoms with Crippen molar-refractivity contribution in [2.75, 3.05) is 21.3 Å². The van der Waals surface area contributed by atoms with Gasteiger partial charge in [0.15, 0.2) is 0 Å². The van der Waals surface area contributed by atoms with Crippen LogP contribution in [0.2, 0.25) is 0 Å². The zero-order valence-corrected chi connectivity index (χ0v) is 21.6. The van der Waals surface area contributed by atoms with Crippen molar-refractivity contribution in [2.24, 2.45) is 0 Å². The molecule has 0 fully saturated rings. The van der Waals surface area contributed by atoms with Gasteiger partial charge in [0.25, 0.3) is 11.4 Å². The number of hydrogen-bond acceptors (Lipinski definition) is 6. The van der Waals surface area contributed by atoms with Gasteiger partial charge in [0.05, 0.1) is 9.85 Å². The molecule has 0 spiro atoms. The molecule has 204 valence electrons. The Morgan fingerprint density at radius 1 is 0.525 bits per heavy atom. The molecule has 40 heavy (non-hydrogen) atoms. The Kier molecular flexibility index (Phi) is 9.84. The predicted octanol–water partition coefficient (Wildman–Crippen LogP) is 7.09. The summed E-state index contributed by atoms with van der Waals surface area (Å²) in [6.45, 7) is 3.86. The van der Waals surface area contributed by atoms with E-state index in [1.54, 1.807) is 12.1 Å². The van der Waals surface area contributed by atoms with Crippen LogP contribution in [0.1, 0.15) is 11.1 Å². The molecule has 4 aromatic carbocycles. The van der Waals surface area contributed by atoms with E-state index in [1.807, 2.05) is 50.2 Å². The van der Waals surface area contributed by atoms with Crippen molar-refractivity contribution in [3.63, 3.8) is 0 Å². The van der Waals surface area contributed by atoms with Crippen LogP contribution >= 0.6 is 0 Å². The number of rotatable bonds is 6. The number of nitro benzene ring substituents is 2. The van der Waals surface area contributed by atoms with E-state index in [0.717, 1.165) is 11.1 Å². The number of hydrogen-bond donors (Lipinski definition) is 4. The first-order chi connectivity index (χ1) is 19.1. The molecule has 0 atom stereocenters. The summed E-state index contributed by atoms with van der Waals surface area (Å²) in [4.78, 5) is 43.6. The molecule has 0 aliphatic carbocycles. The van der Waals surface area contributed by atoms with Gasteiger partial charge in [-0.05, 0) is 73.5 Å². The minimum absolute atomic E-state index is 0.0188. The first-order valence-corrected chi connectivity index (χ1v) is 11.9. The summed E-state index contributed by atoms with van der Waals surface area (Å²) in [6, 6.07) is 25.3. The maximum atomic E-state index is 11.8. The summed E-state index contributed by atoms with van der Waals surface area (Å²) in [6.07, 6.45) is 0. The molecule has 0 unspecified atom stereocenters. The predicted molar refractivity (Wildman–Crippen MR) is 154 cm³/mol. The highest BCUT2D eigenvalue weighted by atomic mass is 16.6. The molecule has 4 aromatic rings. The van der Waals surface area contributed by atoms with E-state index in [2.05, 4.69) is 21.3 Å². The van der Waals surface area contributed by atoms with E-state index in [0.29, 0.717) is 22.7 Å². The van der Waals surface area contributed by atoms with Crippen LogP contribution in [0.4, 0.5) is 43.7 Å². The van der Waals surface area contributed by atoms with Gasteiger partial charge in [-0.3, -0.25) is 20.2 Å². The van der Waals surface area contributed by atoms with Crippen LogP contribution in [0.25, 0.3) is 0 Å². The molecule has 12 nitrogen and oxygen atoms in total. The van der Waals surface area contributed by atoms with Crippen LogP contribution in [0.3, 0.4) is 0 Å². The number of nitro groups is 2. The zero-order chi connectivity index (χ0) is 29.1. The van der Waals surface area contributed by atoms with Crippen LogP contribution in [0.5, 0.6) is 0 Å². The summed E-state index contributed by atoms with van der Waals surface area (Å²) in [7, 11) is 0. The number of nitrogens with one attached hydrogen (secondary N) is 4. The lowest BCUT2D eigenvalue weighted by Crippen LogP contribution is -2.19. The molecule has 0 aromatic heterocycles. The number of amides is 4. The second-order valence-corrected chi connectivity index (χ2v) is 8.51. The Morgan fingerprint density at radius 2 is 0.850 bits per heavy atom. The normalized spacial score (nSPS) is 9.85. The van der Waals surface area contributed by atoms with Gasteiger partial charge < -0.3 is 21.3 Å². The number of urea groups is 2. The first kappa shape index (κ1) is 28.8. The van der Waals surface area contributed by atoms with Crippen molar-refractivity contribution in [1.29, 1.82) is 0 Å². The van der Waals surface area contributed by atoms with Gasteiger partial charge in [-0.15, -0.1) is 0 Å². The van der Waals surface area contributed by atoms with Gasteiger partial charge >= 0.3 is 12.1 Å². The van der Waals surface area contributed by atoms with Crippen molar-refractivity contribution in [3.8, 4) is 0 Å². The molecule has 0 heterocycles. The highest BCUT2D eigenvalue weighted by Crippen LogP contribution is 2.17. The number of benzene rings is 4. The molecule has 0 radical (unpaired) electrons. The topological polar surface area (TPSA) is 169 Å². The fourth-order valence-electron chi connectivity index (χ4n) is 3.37. The third-order valence-corrected chi connectivity index (χ3v) is 5.22. The minimum Gasteiger partial charge on any atom is -0.308 e. The molecular formula is C28H26N6O6. The van der Waals surface area contributed by atoms with Crippen molar-refractivity contribution >= 4 is 46.2 Å². The molecule has 0 aliphatic heterocycles. The molecule has 0 saturated carbocycles. The maximum Gasteiger partial charge on any atom is 0.323 e. The average Bonchev–Trinajstić information content (AvgIpc) is 2.89. The van der Waals surface area contributed by atoms with Gasteiger partial charge in [-0.1, -0.05) is 24.3 Å². The van der Waals surface area contributed by atoms with Crippen LogP contribution in [-0.2, 0) is 0 Å². The second-order valence-electron chi connectivity index (χ2n) is 8.51. The molecule has 0 aliphatic rings. The Balaban J connectivity index is 0.000000220. The highest BCUT2D eigenvalue weighted by molar-refractivity contribution is 6.00. The number of carbonyl (C=O) groups excluding carboxylic acids is 2. The largest absolute Gasteiger partial charge is 0.323 e. The third kappa shape index (κ3) is 9.27. The van der Waals surface area contributed by atoms with Gasteiger partial charge in [0, 0.05) is 47.0 Å². The average molecular weight is 543 g/mol. The van der Waals surface area contributed by atoms with Gasteiger partial charge in [-0.25, -0.2) is 9.59 Å². The standard InChI is InChI=1S/2C14H13N3O3/c2*1-10-3-2-4-12(9-10)16-14(18)15-11-5-7-13(8-6-11)17(19)20/h2*2-9H,1H3,(H2,15,16,18). The van der Waals surface area contributed by atoms with Crippen LogP contribution in [0.15, 0.2) is 97.1 Å². The number of aryl methyl sites for hydroxylation is 2. The maximum absolute atomic E-state index is 11.8. The summed E-state index contributed by atoms with van der Waals surface area (Å²) >= 11 is 0. The molecule has 0 bridgehead atoms. The number of non-ortho nitro benzene ring substituents is 2. The monoisotopic (exact) mass is 542 g/mol. The van der Waals surface area contributed by atoms with Crippen molar-refractivity contribution in [1.82, 2.24) is 0 Å². The summed E-state index contributed by atoms with van der Waals surface area (Å²) in [5.74, 6) is 0. The number of carbonyl (C=O) groups is 2. The first-order valence-electron chi connectivity index (χ1n) is 11.9. The van der Waals surface area contributed by atoms with E-state index < -0.39 is 21.9 Å². The lowest BCUT2D eigenvalue weighted by atomic mass is 10.2. The quantitative estimate of drug-likeness (QED) is 0.150. The summed E-state index contributed by atoms with van der Waals surface area (Å²) < 4.78 is 0. The Bertz CT molecular complexity index is 1390. The molecule has 4 rings (SSSR count). The lowest BCUT2D eigenvalue weighted by molar-refractivity contribution is -0.385. The lowest BCUT2D eigenvalue weighted by Gasteiger charge is -2.08. The fourth-order valence-corrected chi connectivity index (χ4v) is 3.37. The van der Waals surface area contributed by atoms with E-state index in [4.69, 9.17) is 0 Å². The molecule has 4 amide bonds. The number of anilines is 4. The van der Waals surface area contributed by atoms with Crippen molar-refractivity contribution < 1.29 is 19.4 Å². The second kappa shape index (κ2) is 13.7. The van der Waals surface area contributed by atoms with Gasteiger partial charge in [-0.2, -0.15) is 0 Å². The number of nitrogens with zero attached hydrogens (tertiary/aromatic N) is 2. The smallest absolute Gasteiger partial charge is 0.308 e. The highest BCUT2D eigenvalue weighted by Gasteiger charge is 2.08. The molecular weight excluding hydrogens is 516 g/mol. The fraction of sp³-hybridized carbons (Fsp3) is 0.0714. The van der Waals surface area contributed by atoms with E-state index in [-0.39, 0.29) is 11.4 Å². The Labute approximate surface area is 229 Å². The van der Waals surface area contributed by atoms with Crippen molar-refractivity contribution in [2.45, 2.75) is 13.8 Å². The summed E-state index contributed by atoms with van der Waals surface area (Å²) in [5.41, 5.74) is 4.39. The molecule has 4 N–H and O–H groups in total.